The highest BCUT2D eigenvalue weighted by molar-refractivity contribution is 6.07. The van der Waals surface area contributed by atoms with Gasteiger partial charge >= 0.3 is 6.03 Å². The van der Waals surface area contributed by atoms with Crippen molar-refractivity contribution in [1.29, 1.82) is 0 Å². The first-order valence-corrected chi connectivity index (χ1v) is 18.2. The Morgan fingerprint density at radius 3 is 2.10 bits per heavy atom. The zero-order valence-electron chi connectivity index (χ0n) is 31.0. The van der Waals surface area contributed by atoms with Crippen LogP contribution in [0.4, 0.5) is 16.2 Å². The van der Waals surface area contributed by atoms with E-state index in [2.05, 4.69) is 107 Å². The summed E-state index contributed by atoms with van der Waals surface area (Å²) in [5.74, 6) is 7.52. The third kappa shape index (κ3) is 8.08. The normalized spacial score (nSPS) is 11.7. The average molecular weight is 662 g/mol. The first-order valence-electron chi connectivity index (χ1n) is 18.2. The van der Waals surface area contributed by atoms with Crippen LogP contribution in [0.3, 0.4) is 0 Å². The van der Waals surface area contributed by atoms with E-state index in [1.807, 2.05) is 42.5 Å². The van der Waals surface area contributed by atoms with Crippen molar-refractivity contribution in [3.05, 3.63) is 87.8 Å². The van der Waals surface area contributed by atoms with Gasteiger partial charge in [0, 0.05) is 34.9 Å². The Morgan fingerprint density at radius 2 is 1.51 bits per heavy atom. The highest BCUT2D eigenvalue weighted by Gasteiger charge is 2.29. The number of anilines is 2. The number of nitrogens with zero attached hydrogens (tertiary/aromatic N) is 3. The smallest absolute Gasteiger partial charge is 0.307 e. The third-order valence-corrected chi connectivity index (χ3v) is 9.74. The Labute approximate surface area is 293 Å². The van der Waals surface area contributed by atoms with E-state index in [0.29, 0.717) is 17.8 Å². The molecule has 7 heteroatoms. The van der Waals surface area contributed by atoms with Gasteiger partial charge in [-0.3, -0.25) is 14.3 Å². The highest BCUT2D eigenvalue weighted by atomic mass is 16.2. The summed E-state index contributed by atoms with van der Waals surface area (Å²) in [6.45, 7) is 21.7. The molecule has 0 aliphatic carbocycles. The molecule has 0 fully saturated rings. The van der Waals surface area contributed by atoms with Gasteiger partial charge in [-0.25, -0.2) is 9.78 Å². The van der Waals surface area contributed by atoms with Gasteiger partial charge in [-0.2, -0.15) is 0 Å². The quantitative estimate of drug-likeness (QED) is 0.140. The van der Waals surface area contributed by atoms with Crippen LogP contribution in [-0.2, 0) is 6.54 Å². The number of hydrogen-bond acceptors (Lipinski definition) is 4. The first-order chi connectivity index (χ1) is 23.5. The van der Waals surface area contributed by atoms with Gasteiger partial charge in [-0.1, -0.05) is 111 Å². The number of fused-ring (bicyclic) bond motifs is 1. The summed E-state index contributed by atoms with van der Waals surface area (Å²) < 4.78 is 1.70. The van der Waals surface area contributed by atoms with Crippen LogP contribution in [-0.4, -0.2) is 39.1 Å². The molecule has 2 aromatic carbocycles. The number of unbranched alkanes of at least 4 members (excludes halogenated alkanes) is 1. The highest BCUT2D eigenvalue weighted by Crippen LogP contribution is 2.35. The summed E-state index contributed by atoms with van der Waals surface area (Å²) in [6, 6.07) is 17.5. The molecule has 0 aliphatic rings. The number of aryl methyl sites for hydroxylation is 1. The summed E-state index contributed by atoms with van der Waals surface area (Å²) in [5, 5.41) is 6.98. The predicted octanol–water partition coefficient (Wildman–Crippen LogP) is 10.0. The number of para-hydroxylation sites is 1. The van der Waals surface area contributed by atoms with E-state index in [4.69, 9.17) is 0 Å². The number of hydrogen-bond donors (Lipinski definition) is 2. The summed E-state index contributed by atoms with van der Waals surface area (Å²) in [4.78, 5) is 35.5. The van der Waals surface area contributed by atoms with Gasteiger partial charge in [-0.15, -0.1) is 0 Å². The molecule has 260 valence electrons. The van der Waals surface area contributed by atoms with Gasteiger partial charge in [0.2, 0.25) is 0 Å². The van der Waals surface area contributed by atoms with Crippen molar-refractivity contribution >= 4 is 28.4 Å². The standard InChI is InChI=1S/C42H55N5O2/c1-10-15-27-47-39-35(23-18-26-43-39)36(32-20-16-19-31(28-32)24-25-42(11-2,12-3)46(13-4)14-5)38(40(47)48)45-41(49)44-37-33(29(6)7)21-17-22-34(37)30(8)9/h16-23,26,28-30H,10-15,27H2,1-9H3,(H2,44,45,49). The van der Waals surface area contributed by atoms with Crippen molar-refractivity contribution < 1.29 is 4.79 Å². The molecule has 0 saturated heterocycles. The predicted molar refractivity (Wildman–Crippen MR) is 207 cm³/mol. The maximum Gasteiger partial charge on any atom is 0.323 e. The molecule has 2 heterocycles. The van der Waals surface area contributed by atoms with Gasteiger partial charge in [0.25, 0.3) is 5.56 Å². The fraction of sp³-hybridized carbons (Fsp3) is 0.452. The lowest BCUT2D eigenvalue weighted by Crippen LogP contribution is -2.46. The number of aromatic nitrogens is 2. The number of carbonyl (C=O) groups is 1. The molecule has 0 aliphatic heterocycles. The van der Waals surface area contributed by atoms with Crippen LogP contribution in [0.1, 0.15) is 117 Å². The number of urea groups is 1. The minimum absolute atomic E-state index is 0.201. The molecule has 2 amide bonds. The summed E-state index contributed by atoms with van der Waals surface area (Å²) in [5.41, 5.74) is 5.52. The van der Waals surface area contributed by atoms with Crippen LogP contribution < -0.4 is 16.2 Å². The molecular formula is C42H55N5O2. The maximum atomic E-state index is 14.4. The summed E-state index contributed by atoms with van der Waals surface area (Å²) >= 11 is 0. The number of carbonyl (C=O) groups excluding carboxylic acids is 1. The molecule has 0 unspecified atom stereocenters. The summed E-state index contributed by atoms with van der Waals surface area (Å²) in [6.07, 6.45) is 5.29. The van der Waals surface area contributed by atoms with E-state index in [-0.39, 0.29) is 28.6 Å². The summed E-state index contributed by atoms with van der Waals surface area (Å²) in [7, 11) is 0. The Bertz CT molecular complexity index is 1840. The lowest BCUT2D eigenvalue weighted by molar-refractivity contribution is 0.144. The molecule has 0 bridgehead atoms. The molecule has 0 saturated carbocycles. The van der Waals surface area contributed by atoms with Crippen LogP contribution in [0, 0.1) is 11.8 Å². The third-order valence-electron chi connectivity index (χ3n) is 9.74. The lowest BCUT2D eigenvalue weighted by Gasteiger charge is -2.38. The van der Waals surface area contributed by atoms with Gasteiger partial charge in [0.05, 0.1) is 5.54 Å². The van der Waals surface area contributed by atoms with Crippen LogP contribution in [0.25, 0.3) is 22.2 Å². The number of rotatable bonds is 13. The Kier molecular flexibility index (Phi) is 12.8. The molecule has 4 rings (SSSR count). The monoisotopic (exact) mass is 661 g/mol. The number of nitrogens with one attached hydrogen (secondary N) is 2. The average Bonchev–Trinajstić information content (AvgIpc) is 3.10. The zero-order chi connectivity index (χ0) is 35.7. The largest absolute Gasteiger partial charge is 0.323 e. The van der Waals surface area contributed by atoms with Crippen molar-refractivity contribution in [2.24, 2.45) is 0 Å². The maximum absolute atomic E-state index is 14.4. The fourth-order valence-corrected chi connectivity index (χ4v) is 6.90. The number of pyridine rings is 2. The van der Waals surface area contributed by atoms with Crippen LogP contribution in [0.15, 0.2) is 65.6 Å². The molecule has 0 atom stereocenters. The number of amides is 2. The minimum Gasteiger partial charge on any atom is -0.307 e. The molecule has 2 N–H and O–H groups in total. The Morgan fingerprint density at radius 1 is 0.878 bits per heavy atom. The second-order valence-electron chi connectivity index (χ2n) is 13.4. The van der Waals surface area contributed by atoms with Crippen molar-refractivity contribution in [2.75, 3.05) is 23.7 Å². The molecule has 7 nitrogen and oxygen atoms in total. The van der Waals surface area contributed by atoms with E-state index >= 15 is 0 Å². The molecule has 0 radical (unpaired) electrons. The van der Waals surface area contributed by atoms with E-state index in [1.54, 1.807) is 10.8 Å². The van der Waals surface area contributed by atoms with Gasteiger partial charge in [-0.05, 0) is 85.1 Å². The SMILES string of the molecule is CCCCn1c(=O)c(NC(=O)Nc2c(C(C)C)cccc2C(C)C)c(-c2cccc(C#CC(CC)(CC)N(CC)CC)c2)c2cccnc21. The van der Waals surface area contributed by atoms with Gasteiger partial charge in [0.15, 0.2) is 0 Å². The molecule has 0 spiro atoms. The zero-order valence-corrected chi connectivity index (χ0v) is 31.0. The van der Waals surface area contributed by atoms with Gasteiger partial charge in [0.1, 0.15) is 11.3 Å². The lowest BCUT2D eigenvalue weighted by atomic mass is 9.90. The first kappa shape index (κ1) is 37.4. The second kappa shape index (κ2) is 16.8. The van der Waals surface area contributed by atoms with Crippen molar-refractivity contribution in [1.82, 2.24) is 14.5 Å². The molecular weight excluding hydrogens is 606 g/mol. The van der Waals surface area contributed by atoms with Crippen LogP contribution in [0.2, 0.25) is 0 Å². The van der Waals surface area contributed by atoms with Crippen molar-refractivity contribution in [3.63, 3.8) is 0 Å². The van der Waals surface area contributed by atoms with Crippen LogP contribution in [0.5, 0.6) is 0 Å². The van der Waals surface area contributed by atoms with Crippen LogP contribution >= 0.6 is 0 Å². The van der Waals surface area contributed by atoms with E-state index in [9.17, 15) is 9.59 Å². The van der Waals surface area contributed by atoms with E-state index < -0.39 is 6.03 Å². The second-order valence-corrected chi connectivity index (χ2v) is 13.4. The Hall–Kier alpha value is -4.41. The molecule has 49 heavy (non-hydrogen) atoms. The van der Waals surface area contributed by atoms with E-state index in [1.165, 1.54) is 0 Å². The topological polar surface area (TPSA) is 79.3 Å². The van der Waals surface area contributed by atoms with Crippen molar-refractivity contribution in [2.45, 2.75) is 112 Å². The molecule has 2 aromatic heterocycles. The Balaban J connectivity index is 1.91. The van der Waals surface area contributed by atoms with Crippen molar-refractivity contribution in [3.8, 4) is 23.0 Å². The number of benzene rings is 2. The molecule has 4 aromatic rings. The fourth-order valence-electron chi connectivity index (χ4n) is 6.90. The minimum atomic E-state index is -0.454. The van der Waals surface area contributed by atoms with E-state index in [0.717, 1.165) is 72.1 Å². The van der Waals surface area contributed by atoms with Gasteiger partial charge < -0.3 is 10.6 Å².